The smallest absolute Gasteiger partial charge is 0.223 e. The summed E-state index contributed by atoms with van der Waals surface area (Å²) in [5.74, 6) is 0.851. The van der Waals surface area contributed by atoms with Crippen LogP contribution >= 0.6 is 0 Å². The minimum absolute atomic E-state index is 0.0395. The van der Waals surface area contributed by atoms with E-state index < -0.39 is 0 Å². The fraction of sp³-hybridized carbons (Fsp3) is 0.286. The summed E-state index contributed by atoms with van der Waals surface area (Å²) in [7, 11) is 0. The Morgan fingerprint density at radius 2 is 1.71 bits per heavy atom. The van der Waals surface area contributed by atoms with Crippen LogP contribution in [0.25, 0.3) is 16.7 Å². The third kappa shape index (κ3) is 4.87. The van der Waals surface area contributed by atoms with Gasteiger partial charge >= 0.3 is 0 Å². The van der Waals surface area contributed by atoms with E-state index in [2.05, 4.69) is 46.0 Å². The van der Waals surface area contributed by atoms with Crippen LogP contribution in [0.1, 0.15) is 29.8 Å². The number of imidazole rings is 1. The van der Waals surface area contributed by atoms with Crippen molar-refractivity contribution in [3.8, 4) is 5.69 Å². The van der Waals surface area contributed by atoms with E-state index in [4.69, 9.17) is 4.98 Å². The highest BCUT2D eigenvalue weighted by molar-refractivity contribution is 5.79. The zero-order chi connectivity index (χ0) is 23.5. The van der Waals surface area contributed by atoms with Crippen LogP contribution in [-0.2, 0) is 17.9 Å². The molecule has 1 fully saturated rings. The van der Waals surface area contributed by atoms with E-state index in [1.54, 1.807) is 12.1 Å². The Kier molecular flexibility index (Phi) is 6.41. The summed E-state index contributed by atoms with van der Waals surface area (Å²) in [6.45, 7) is 5.00. The molecule has 0 aliphatic carbocycles. The highest BCUT2D eigenvalue weighted by Gasteiger charge is 2.26. The molecule has 34 heavy (non-hydrogen) atoms. The van der Waals surface area contributed by atoms with Crippen molar-refractivity contribution < 1.29 is 9.18 Å². The van der Waals surface area contributed by atoms with Gasteiger partial charge in [-0.3, -0.25) is 14.3 Å². The number of benzene rings is 3. The lowest BCUT2D eigenvalue weighted by molar-refractivity contribution is -0.126. The van der Waals surface area contributed by atoms with Crippen LogP contribution in [0.2, 0.25) is 0 Å². The van der Waals surface area contributed by atoms with Crippen molar-refractivity contribution >= 4 is 16.9 Å². The molecule has 1 aliphatic heterocycles. The second kappa shape index (κ2) is 9.77. The van der Waals surface area contributed by atoms with Gasteiger partial charge in [-0.15, -0.1) is 0 Å². The number of likely N-dealkylation sites (tertiary alicyclic amines) is 1. The van der Waals surface area contributed by atoms with Gasteiger partial charge in [0.2, 0.25) is 5.91 Å². The molecular weight excluding hydrogens is 427 g/mol. The maximum Gasteiger partial charge on any atom is 0.223 e. The summed E-state index contributed by atoms with van der Waals surface area (Å²) >= 11 is 0. The first-order chi connectivity index (χ1) is 16.6. The largest absolute Gasteiger partial charge is 0.352 e. The number of para-hydroxylation sites is 2. The molecule has 0 atom stereocenters. The Labute approximate surface area is 199 Å². The first kappa shape index (κ1) is 22.3. The zero-order valence-electron chi connectivity index (χ0n) is 19.4. The second-order valence-electron chi connectivity index (χ2n) is 9.08. The van der Waals surface area contributed by atoms with Gasteiger partial charge in [0, 0.05) is 18.2 Å². The van der Waals surface area contributed by atoms with Crippen LogP contribution < -0.4 is 5.32 Å². The monoisotopic (exact) mass is 456 g/mol. The SMILES string of the molecule is Cc1ccc(CNC(=O)C2CCN(Cc3nc4ccccc4n3-c3ccc(F)cc3)CC2)cc1. The van der Waals surface area contributed by atoms with Gasteiger partial charge in [0.25, 0.3) is 0 Å². The van der Waals surface area contributed by atoms with Crippen LogP contribution in [0.4, 0.5) is 4.39 Å². The van der Waals surface area contributed by atoms with Gasteiger partial charge in [-0.25, -0.2) is 9.37 Å². The predicted molar refractivity (Wildman–Crippen MR) is 132 cm³/mol. The van der Waals surface area contributed by atoms with Crippen molar-refractivity contribution in [2.75, 3.05) is 13.1 Å². The quantitative estimate of drug-likeness (QED) is 0.444. The Morgan fingerprint density at radius 1 is 1.00 bits per heavy atom. The molecule has 0 radical (unpaired) electrons. The number of nitrogens with zero attached hydrogens (tertiary/aromatic N) is 3. The Balaban J connectivity index is 1.24. The van der Waals surface area contributed by atoms with Crippen LogP contribution in [0.15, 0.2) is 72.8 Å². The lowest BCUT2D eigenvalue weighted by Crippen LogP contribution is -2.40. The second-order valence-corrected chi connectivity index (χ2v) is 9.08. The summed E-state index contributed by atoms with van der Waals surface area (Å²) in [4.78, 5) is 19.9. The Bertz CT molecular complexity index is 1270. The number of carbonyl (C=O) groups is 1. The van der Waals surface area contributed by atoms with E-state index in [-0.39, 0.29) is 17.6 Å². The van der Waals surface area contributed by atoms with Gasteiger partial charge in [-0.1, -0.05) is 42.0 Å². The molecule has 0 spiro atoms. The molecule has 1 aliphatic rings. The Hall–Kier alpha value is -3.51. The van der Waals surface area contributed by atoms with E-state index in [0.717, 1.165) is 54.0 Å². The minimum Gasteiger partial charge on any atom is -0.352 e. The molecule has 0 saturated carbocycles. The van der Waals surface area contributed by atoms with Crippen molar-refractivity contribution in [3.05, 3.63) is 95.6 Å². The van der Waals surface area contributed by atoms with Crippen molar-refractivity contribution in [1.29, 1.82) is 0 Å². The lowest BCUT2D eigenvalue weighted by atomic mass is 9.96. The summed E-state index contributed by atoms with van der Waals surface area (Å²) in [5, 5.41) is 3.10. The standard InChI is InChI=1S/C28H29FN4O/c1-20-6-8-21(9-7-20)18-30-28(34)22-14-16-32(17-15-22)19-27-31-25-4-2-3-5-26(25)33(27)24-12-10-23(29)11-13-24/h2-13,22H,14-19H2,1H3,(H,30,34). The molecule has 1 amide bonds. The number of piperidine rings is 1. The normalized spacial score (nSPS) is 15.0. The summed E-state index contributed by atoms with van der Waals surface area (Å²) in [5.41, 5.74) is 5.17. The molecule has 0 unspecified atom stereocenters. The van der Waals surface area contributed by atoms with Crippen LogP contribution in [0.5, 0.6) is 0 Å². The van der Waals surface area contributed by atoms with Gasteiger partial charge in [0.05, 0.1) is 17.6 Å². The molecule has 3 aromatic carbocycles. The fourth-order valence-corrected chi connectivity index (χ4v) is 4.65. The number of carbonyl (C=O) groups excluding carboxylic acids is 1. The number of amides is 1. The van der Waals surface area contributed by atoms with E-state index in [9.17, 15) is 9.18 Å². The van der Waals surface area contributed by atoms with Crippen LogP contribution in [-0.4, -0.2) is 33.4 Å². The number of hydrogen-bond acceptors (Lipinski definition) is 3. The number of aryl methyl sites for hydroxylation is 1. The van der Waals surface area contributed by atoms with Gasteiger partial charge in [0.1, 0.15) is 11.6 Å². The maximum absolute atomic E-state index is 13.5. The van der Waals surface area contributed by atoms with E-state index >= 15 is 0 Å². The van der Waals surface area contributed by atoms with E-state index in [0.29, 0.717) is 13.1 Å². The molecule has 174 valence electrons. The van der Waals surface area contributed by atoms with E-state index in [1.165, 1.54) is 17.7 Å². The molecule has 6 heteroatoms. The first-order valence-corrected chi connectivity index (χ1v) is 11.8. The fourth-order valence-electron chi connectivity index (χ4n) is 4.65. The van der Waals surface area contributed by atoms with Crippen molar-refractivity contribution in [2.45, 2.75) is 32.9 Å². The number of aromatic nitrogens is 2. The zero-order valence-corrected chi connectivity index (χ0v) is 19.4. The molecule has 1 N–H and O–H groups in total. The predicted octanol–water partition coefficient (Wildman–Crippen LogP) is 5.00. The topological polar surface area (TPSA) is 50.2 Å². The Morgan fingerprint density at radius 3 is 2.44 bits per heavy atom. The van der Waals surface area contributed by atoms with Crippen molar-refractivity contribution in [2.24, 2.45) is 5.92 Å². The molecule has 1 saturated heterocycles. The number of rotatable bonds is 6. The van der Waals surface area contributed by atoms with Crippen molar-refractivity contribution in [1.82, 2.24) is 19.8 Å². The minimum atomic E-state index is -0.252. The molecule has 5 nitrogen and oxygen atoms in total. The third-order valence-corrected chi connectivity index (χ3v) is 6.63. The number of halogens is 1. The molecule has 4 aromatic rings. The highest BCUT2D eigenvalue weighted by atomic mass is 19.1. The molecule has 5 rings (SSSR count). The summed E-state index contributed by atoms with van der Waals surface area (Å²) in [6.07, 6.45) is 1.66. The first-order valence-electron chi connectivity index (χ1n) is 11.8. The summed E-state index contributed by atoms with van der Waals surface area (Å²) < 4.78 is 15.6. The highest BCUT2D eigenvalue weighted by Crippen LogP contribution is 2.25. The molecular formula is C28H29FN4O. The molecule has 1 aromatic heterocycles. The summed E-state index contributed by atoms with van der Waals surface area (Å²) in [6, 6.07) is 22.8. The molecule has 2 heterocycles. The number of nitrogens with one attached hydrogen (secondary N) is 1. The van der Waals surface area contributed by atoms with Crippen LogP contribution in [0.3, 0.4) is 0 Å². The van der Waals surface area contributed by atoms with E-state index in [1.807, 2.05) is 24.3 Å². The van der Waals surface area contributed by atoms with Crippen molar-refractivity contribution in [3.63, 3.8) is 0 Å². The van der Waals surface area contributed by atoms with Crippen LogP contribution in [0, 0.1) is 18.7 Å². The average molecular weight is 457 g/mol. The van der Waals surface area contributed by atoms with Gasteiger partial charge in [-0.05, 0) is 74.8 Å². The third-order valence-electron chi connectivity index (χ3n) is 6.63. The number of fused-ring (bicyclic) bond motifs is 1. The maximum atomic E-state index is 13.5. The number of hydrogen-bond donors (Lipinski definition) is 1. The van der Waals surface area contributed by atoms with Gasteiger partial charge in [-0.2, -0.15) is 0 Å². The van der Waals surface area contributed by atoms with Gasteiger partial charge < -0.3 is 5.32 Å². The average Bonchev–Trinajstić information content (AvgIpc) is 3.22. The lowest BCUT2D eigenvalue weighted by Gasteiger charge is -2.31. The molecule has 0 bridgehead atoms. The van der Waals surface area contributed by atoms with Gasteiger partial charge in [0.15, 0.2) is 0 Å².